The summed E-state index contributed by atoms with van der Waals surface area (Å²) in [5.41, 5.74) is 6.16. The van der Waals surface area contributed by atoms with Gasteiger partial charge in [-0.25, -0.2) is 0 Å². The molecule has 3 aromatic rings. The molecule has 0 radical (unpaired) electrons. The van der Waals surface area contributed by atoms with Crippen molar-refractivity contribution < 1.29 is 18.8 Å². The number of thioether (sulfide) groups is 1. The van der Waals surface area contributed by atoms with Crippen LogP contribution in [0.2, 0.25) is 0 Å². The number of carbonyl (C=O) groups is 3. The Hall–Kier alpha value is -3.40. The summed E-state index contributed by atoms with van der Waals surface area (Å²) in [4.78, 5) is 35.3. The van der Waals surface area contributed by atoms with E-state index < -0.39 is 5.91 Å². The highest BCUT2D eigenvalue weighted by atomic mass is 32.2. The van der Waals surface area contributed by atoms with Crippen molar-refractivity contribution in [3.63, 3.8) is 0 Å². The molecule has 2 aromatic heterocycles. The fraction of sp³-hybridized carbons (Fsp3) is 0.250. The molecule has 0 saturated heterocycles. The first-order valence-electron chi connectivity index (χ1n) is 9.19. The van der Waals surface area contributed by atoms with Gasteiger partial charge in [0.1, 0.15) is 11.6 Å². The zero-order valence-corrected chi connectivity index (χ0v) is 17.1. The number of para-hydroxylation sites is 1. The number of Topliss-reactive ketones (excluding diaryl/α,β-unsaturated/α-hetero) is 1. The number of hydrogen-bond acceptors (Lipinski definition) is 7. The van der Waals surface area contributed by atoms with Crippen LogP contribution in [-0.4, -0.2) is 38.1 Å². The van der Waals surface area contributed by atoms with Crippen molar-refractivity contribution in [1.29, 1.82) is 0 Å². The second-order valence-electron chi connectivity index (χ2n) is 6.47. The van der Waals surface area contributed by atoms with Crippen LogP contribution < -0.4 is 11.1 Å². The summed E-state index contributed by atoms with van der Waals surface area (Å²) in [6.45, 7) is 1.82. The third-order valence-corrected chi connectivity index (χ3v) is 5.16. The molecule has 0 bridgehead atoms. The standard InChI is InChI=1S/C20H21N5O4S/c1-13(26)15-6-2-3-7-16(15)22-19(28)12-30-20-24-23-18(9-8-17(21)27)25(20)11-14-5-4-10-29-14/h2-7,10H,8-9,11-12H2,1H3,(H2,21,27)(H,22,28). The van der Waals surface area contributed by atoms with Crippen LogP contribution in [0, 0.1) is 0 Å². The van der Waals surface area contributed by atoms with Crippen molar-refractivity contribution in [3.8, 4) is 0 Å². The van der Waals surface area contributed by atoms with E-state index in [1.54, 1.807) is 41.2 Å². The Labute approximate surface area is 177 Å². The van der Waals surface area contributed by atoms with Crippen molar-refractivity contribution in [2.75, 3.05) is 11.1 Å². The van der Waals surface area contributed by atoms with Gasteiger partial charge in [0.15, 0.2) is 10.9 Å². The minimum atomic E-state index is -0.430. The van der Waals surface area contributed by atoms with Gasteiger partial charge in [-0.15, -0.1) is 10.2 Å². The average Bonchev–Trinajstić information content (AvgIpc) is 3.35. The number of hydrogen-bond donors (Lipinski definition) is 2. The summed E-state index contributed by atoms with van der Waals surface area (Å²) in [5.74, 6) is 0.501. The van der Waals surface area contributed by atoms with Crippen LogP contribution in [0.4, 0.5) is 5.69 Å². The zero-order chi connectivity index (χ0) is 21.5. The van der Waals surface area contributed by atoms with Crippen LogP contribution in [-0.2, 0) is 22.6 Å². The summed E-state index contributed by atoms with van der Waals surface area (Å²) in [5, 5.41) is 11.6. The van der Waals surface area contributed by atoms with Gasteiger partial charge in [-0.3, -0.25) is 19.0 Å². The Morgan fingerprint density at radius 1 is 1.17 bits per heavy atom. The predicted octanol–water partition coefficient (Wildman–Crippen LogP) is 2.27. The second kappa shape index (κ2) is 9.88. The van der Waals surface area contributed by atoms with Gasteiger partial charge >= 0.3 is 0 Å². The molecule has 10 heteroatoms. The highest BCUT2D eigenvalue weighted by molar-refractivity contribution is 7.99. The maximum Gasteiger partial charge on any atom is 0.234 e. The smallest absolute Gasteiger partial charge is 0.234 e. The third-order valence-electron chi connectivity index (χ3n) is 4.20. The number of rotatable bonds is 10. The number of nitrogens with two attached hydrogens (primary N) is 1. The number of aryl methyl sites for hydroxylation is 1. The van der Waals surface area contributed by atoms with Gasteiger partial charge in [-0.2, -0.15) is 0 Å². The number of anilines is 1. The number of aromatic nitrogens is 3. The van der Waals surface area contributed by atoms with E-state index in [1.807, 2.05) is 6.07 Å². The molecule has 0 fully saturated rings. The lowest BCUT2D eigenvalue weighted by Gasteiger charge is -2.10. The third kappa shape index (κ3) is 5.57. The SMILES string of the molecule is CC(=O)c1ccccc1NC(=O)CSc1nnc(CCC(N)=O)n1Cc1ccco1. The predicted molar refractivity (Wildman–Crippen MR) is 111 cm³/mol. The molecule has 0 spiro atoms. The van der Waals surface area contributed by atoms with Crippen molar-refractivity contribution in [2.45, 2.75) is 31.5 Å². The van der Waals surface area contributed by atoms with E-state index in [2.05, 4.69) is 15.5 Å². The molecule has 9 nitrogen and oxygen atoms in total. The van der Waals surface area contributed by atoms with Crippen molar-refractivity contribution in [1.82, 2.24) is 14.8 Å². The topological polar surface area (TPSA) is 133 Å². The zero-order valence-electron chi connectivity index (χ0n) is 16.3. The summed E-state index contributed by atoms with van der Waals surface area (Å²) < 4.78 is 7.19. The molecule has 0 unspecified atom stereocenters. The molecular formula is C20H21N5O4S. The van der Waals surface area contributed by atoms with E-state index in [9.17, 15) is 14.4 Å². The number of nitrogens with one attached hydrogen (secondary N) is 1. The van der Waals surface area contributed by atoms with E-state index >= 15 is 0 Å². The van der Waals surface area contributed by atoms with Crippen LogP contribution in [0.15, 0.2) is 52.2 Å². The van der Waals surface area contributed by atoms with Crippen molar-refractivity contribution in [3.05, 3.63) is 59.8 Å². The second-order valence-corrected chi connectivity index (χ2v) is 7.41. The quantitative estimate of drug-likeness (QED) is 0.374. The van der Waals surface area contributed by atoms with Gasteiger partial charge in [0.2, 0.25) is 11.8 Å². The molecule has 0 saturated carbocycles. The first-order valence-corrected chi connectivity index (χ1v) is 10.2. The minimum absolute atomic E-state index is 0.0678. The number of benzene rings is 1. The number of primary amides is 1. The number of ketones is 1. The molecule has 0 aliphatic heterocycles. The summed E-state index contributed by atoms with van der Waals surface area (Å²) in [6.07, 6.45) is 2.04. The molecular weight excluding hydrogens is 406 g/mol. The molecule has 3 N–H and O–H groups in total. The van der Waals surface area contributed by atoms with Gasteiger partial charge in [-0.1, -0.05) is 23.9 Å². The Kier molecular flexibility index (Phi) is 7.02. The molecule has 156 valence electrons. The van der Waals surface area contributed by atoms with Crippen LogP contribution in [0.5, 0.6) is 0 Å². The average molecular weight is 427 g/mol. The van der Waals surface area contributed by atoms with Gasteiger partial charge in [0.05, 0.1) is 24.2 Å². The minimum Gasteiger partial charge on any atom is -0.467 e. The van der Waals surface area contributed by atoms with Gasteiger partial charge in [0, 0.05) is 18.4 Å². The maximum atomic E-state index is 12.4. The van der Waals surface area contributed by atoms with Crippen LogP contribution in [0.25, 0.3) is 0 Å². The monoisotopic (exact) mass is 427 g/mol. The molecule has 0 aliphatic rings. The molecule has 2 heterocycles. The van der Waals surface area contributed by atoms with Gasteiger partial charge in [0.25, 0.3) is 0 Å². The molecule has 3 rings (SSSR count). The van der Waals surface area contributed by atoms with Gasteiger partial charge < -0.3 is 15.5 Å². The highest BCUT2D eigenvalue weighted by Gasteiger charge is 2.17. The number of furan rings is 1. The van der Waals surface area contributed by atoms with Gasteiger partial charge in [-0.05, 0) is 31.2 Å². The number of amides is 2. The molecule has 0 atom stereocenters. The Morgan fingerprint density at radius 3 is 2.67 bits per heavy atom. The number of nitrogens with zero attached hydrogens (tertiary/aromatic N) is 3. The van der Waals surface area contributed by atoms with E-state index in [4.69, 9.17) is 10.2 Å². The lowest BCUT2D eigenvalue weighted by Crippen LogP contribution is -2.17. The van der Waals surface area contributed by atoms with Crippen LogP contribution in [0.1, 0.15) is 35.3 Å². The molecule has 0 aliphatic carbocycles. The molecule has 1 aromatic carbocycles. The van der Waals surface area contributed by atoms with E-state index in [1.165, 1.54) is 18.7 Å². The summed E-state index contributed by atoms with van der Waals surface area (Å²) >= 11 is 1.20. The van der Waals surface area contributed by atoms with E-state index in [-0.39, 0.29) is 23.9 Å². The van der Waals surface area contributed by atoms with Crippen LogP contribution >= 0.6 is 11.8 Å². The lowest BCUT2D eigenvalue weighted by atomic mass is 10.1. The van der Waals surface area contributed by atoms with Crippen molar-refractivity contribution >= 4 is 35.0 Å². The Morgan fingerprint density at radius 2 is 1.97 bits per heavy atom. The summed E-state index contributed by atoms with van der Waals surface area (Å²) in [6, 6.07) is 10.4. The Bertz CT molecular complexity index is 1050. The first kappa shape index (κ1) is 21.3. The highest BCUT2D eigenvalue weighted by Crippen LogP contribution is 2.21. The Balaban J connectivity index is 1.70. The maximum absolute atomic E-state index is 12.4. The fourth-order valence-corrected chi connectivity index (χ4v) is 3.54. The van der Waals surface area contributed by atoms with E-state index in [0.29, 0.717) is 41.0 Å². The molecule has 30 heavy (non-hydrogen) atoms. The summed E-state index contributed by atoms with van der Waals surface area (Å²) in [7, 11) is 0. The largest absolute Gasteiger partial charge is 0.467 e. The van der Waals surface area contributed by atoms with E-state index in [0.717, 1.165) is 0 Å². The fourth-order valence-electron chi connectivity index (χ4n) is 2.78. The lowest BCUT2D eigenvalue weighted by molar-refractivity contribution is -0.118. The number of carbonyl (C=O) groups excluding carboxylic acids is 3. The first-order chi connectivity index (χ1) is 14.4. The van der Waals surface area contributed by atoms with Crippen LogP contribution in [0.3, 0.4) is 0 Å². The van der Waals surface area contributed by atoms with Crippen molar-refractivity contribution in [2.24, 2.45) is 5.73 Å². The molecule has 2 amide bonds. The normalized spacial score (nSPS) is 10.7.